The molecule has 0 unspecified atom stereocenters. The molecule has 0 spiro atoms. The van der Waals surface area contributed by atoms with E-state index in [1.54, 1.807) is 35.9 Å². The third kappa shape index (κ3) is 4.36. The highest BCUT2D eigenvalue weighted by Gasteiger charge is 2.34. The minimum absolute atomic E-state index is 0.0747. The second-order valence-corrected chi connectivity index (χ2v) is 8.09. The fourth-order valence-corrected chi connectivity index (χ4v) is 4.54. The topological polar surface area (TPSA) is 38.8 Å². The first-order valence-corrected chi connectivity index (χ1v) is 10.6. The van der Waals surface area contributed by atoms with Gasteiger partial charge >= 0.3 is 0 Å². The molecule has 29 heavy (non-hydrogen) atoms. The number of rotatable bonds is 6. The highest BCUT2D eigenvalue weighted by Crippen LogP contribution is 2.44. The first kappa shape index (κ1) is 19.7. The molecule has 0 aliphatic carbocycles. The molecule has 3 aromatic rings. The monoisotopic (exact) mass is 425 g/mol. The second-order valence-electron chi connectivity index (χ2n) is 6.59. The van der Waals surface area contributed by atoms with Crippen LogP contribution in [0.1, 0.15) is 16.5 Å². The molecular weight excluding hydrogens is 406 g/mol. The Morgan fingerprint density at radius 2 is 1.79 bits per heavy atom. The molecule has 1 aliphatic rings. The summed E-state index contributed by atoms with van der Waals surface area (Å²) in [6.45, 7) is 0.462. The summed E-state index contributed by atoms with van der Waals surface area (Å²) in [7, 11) is 1.62. The number of benzene rings is 3. The van der Waals surface area contributed by atoms with Gasteiger partial charge in [0.1, 0.15) is 12.0 Å². The summed E-state index contributed by atoms with van der Waals surface area (Å²) in [6.07, 6.45) is 0. The van der Waals surface area contributed by atoms with Gasteiger partial charge in [0, 0.05) is 10.7 Å². The summed E-state index contributed by atoms with van der Waals surface area (Å²) < 4.78 is 11.5. The Bertz CT molecular complexity index is 995. The molecule has 1 heterocycles. The molecule has 0 N–H and O–H groups in total. The molecule has 1 saturated heterocycles. The van der Waals surface area contributed by atoms with Gasteiger partial charge in [0.05, 0.1) is 12.9 Å². The van der Waals surface area contributed by atoms with Crippen molar-refractivity contribution in [2.75, 3.05) is 17.8 Å². The normalized spacial score (nSPS) is 16.1. The minimum Gasteiger partial charge on any atom is -0.493 e. The molecule has 0 bridgehead atoms. The van der Waals surface area contributed by atoms with Crippen LogP contribution in [0.25, 0.3) is 0 Å². The van der Waals surface area contributed by atoms with Crippen molar-refractivity contribution in [3.63, 3.8) is 0 Å². The van der Waals surface area contributed by atoms with E-state index in [-0.39, 0.29) is 11.3 Å². The number of anilines is 1. The van der Waals surface area contributed by atoms with Gasteiger partial charge in [0.15, 0.2) is 11.5 Å². The molecule has 0 aromatic heterocycles. The van der Waals surface area contributed by atoms with Crippen molar-refractivity contribution in [1.82, 2.24) is 0 Å². The first-order chi connectivity index (χ1) is 14.2. The van der Waals surface area contributed by atoms with E-state index in [1.165, 1.54) is 0 Å². The molecule has 1 fully saturated rings. The van der Waals surface area contributed by atoms with Crippen LogP contribution in [0.15, 0.2) is 72.8 Å². The van der Waals surface area contributed by atoms with Gasteiger partial charge in [0.2, 0.25) is 5.91 Å². The highest BCUT2D eigenvalue weighted by molar-refractivity contribution is 8.00. The van der Waals surface area contributed by atoms with Gasteiger partial charge in [0.25, 0.3) is 0 Å². The fraction of sp³-hybridized carbons (Fsp3) is 0.174. The Morgan fingerprint density at radius 3 is 2.52 bits per heavy atom. The van der Waals surface area contributed by atoms with Crippen LogP contribution in [0.4, 0.5) is 5.69 Å². The Hall–Kier alpha value is -2.63. The molecule has 148 valence electrons. The molecule has 1 amide bonds. The number of halogens is 1. The number of thioether (sulfide) groups is 1. The van der Waals surface area contributed by atoms with Gasteiger partial charge in [-0.05, 0) is 47.5 Å². The van der Waals surface area contributed by atoms with E-state index in [9.17, 15) is 4.79 Å². The predicted octanol–water partition coefficient (Wildman–Crippen LogP) is 5.71. The Balaban J connectivity index is 1.57. The second kappa shape index (κ2) is 8.80. The number of carbonyl (C=O) groups is 1. The van der Waals surface area contributed by atoms with E-state index < -0.39 is 0 Å². The number of carbonyl (C=O) groups excluding carboxylic acids is 1. The van der Waals surface area contributed by atoms with Crippen LogP contribution in [0.5, 0.6) is 11.5 Å². The van der Waals surface area contributed by atoms with Crippen LogP contribution in [0, 0.1) is 0 Å². The van der Waals surface area contributed by atoms with Crippen molar-refractivity contribution < 1.29 is 14.3 Å². The van der Waals surface area contributed by atoms with Crippen LogP contribution in [-0.2, 0) is 11.4 Å². The highest BCUT2D eigenvalue weighted by atomic mass is 35.5. The molecule has 6 heteroatoms. The largest absolute Gasteiger partial charge is 0.493 e. The number of hydrogen-bond acceptors (Lipinski definition) is 4. The quantitative estimate of drug-likeness (QED) is 0.507. The Morgan fingerprint density at radius 1 is 1.03 bits per heavy atom. The van der Waals surface area contributed by atoms with Crippen molar-refractivity contribution in [2.45, 2.75) is 12.0 Å². The molecule has 0 saturated carbocycles. The van der Waals surface area contributed by atoms with Crippen LogP contribution in [0.2, 0.25) is 5.02 Å². The first-order valence-electron chi connectivity index (χ1n) is 9.19. The third-order valence-electron chi connectivity index (χ3n) is 4.68. The average molecular weight is 426 g/mol. The summed E-state index contributed by atoms with van der Waals surface area (Å²) in [5, 5.41) is 0.520. The van der Waals surface area contributed by atoms with Crippen LogP contribution < -0.4 is 14.4 Å². The van der Waals surface area contributed by atoms with Crippen LogP contribution in [0.3, 0.4) is 0 Å². The van der Waals surface area contributed by atoms with Crippen molar-refractivity contribution >= 4 is 35.0 Å². The van der Waals surface area contributed by atoms with E-state index >= 15 is 0 Å². The van der Waals surface area contributed by atoms with Gasteiger partial charge in [-0.2, -0.15) is 0 Å². The average Bonchev–Trinajstić information content (AvgIpc) is 3.15. The van der Waals surface area contributed by atoms with Crippen LogP contribution >= 0.6 is 23.4 Å². The third-order valence-corrected chi connectivity index (χ3v) is 6.15. The maximum absolute atomic E-state index is 12.5. The standard InChI is InChI=1S/C23H20ClNO3S/c1-27-21-13-17(7-12-20(21)28-14-16-5-3-2-4-6-16)23-25(22(26)15-29-23)19-10-8-18(24)9-11-19/h2-13,23H,14-15H2,1H3/t23-/m0/s1. The van der Waals surface area contributed by atoms with E-state index in [0.29, 0.717) is 28.9 Å². The molecule has 1 aliphatic heterocycles. The van der Waals surface area contributed by atoms with Crippen molar-refractivity contribution in [2.24, 2.45) is 0 Å². The molecule has 4 nitrogen and oxygen atoms in total. The zero-order valence-electron chi connectivity index (χ0n) is 15.9. The van der Waals surface area contributed by atoms with Crippen LogP contribution in [-0.4, -0.2) is 18.8 Å². The lowest BCUT2D eigenvalue weighted by Crippen LogP contribution is -2.27. The maximum Gasteiger partial charge on any atom is 0.238 e. The smallest absolute Gasteiger partial charge is 0.238 e. The van der Waals surface area contributed by atoms with Gasteiger partial charge in [-0.25, -0.2) is 0 Å². The number of methoxy groups -OCH3 is 1. The van der Waals surface area contributed by atoms with Crippen molar-refractivity contribution in [3.8, 4) is 11.5 Å². The summed E-state index contributed by atoms with van der Waals surface area (Å²) in [4.78, 5) is 14.3. The molecule has 1 atom stereocenters. The minimum atomic E-state index is -0.124. The Kier molecular flexibility index (Phi) is 5.97. The summed E-state index contributed by atoms with van der Waals surface area (Å²) in [5.74, 6) is 1.83. The summed E-state index contributed by atoms with van der Waals surface area (Å²) in [6, 6.07) is 23.2. The molecule has 0 radical (unpaired) electrons. The zero-order valence-corrected chi connectivity index (χ0v) is 17.5. The molecule has 3 aromatic carbocycles. The number of amides is 1. The number of nitrogens with zero attached hydrogens (tertiary/aromatic N) is 1. The van der Waals surface area contributed by atoms with E-state index in [0.717, 1.165) is 16.8 Å². The van der Waals surface area contributed by atoms with Gasteiger partial charge in [-0.1, -0.05) is 48.0 Å². The van der Waals surface area contributed by atoms with E-state index in [1.807, 2.05) is 60.7 Å². The summed E-state index contributed by atoms with van der Waals surface area (Å²) in [5.41, 5.74) is 2.90. The number of ether oxygens (including phenoxy) is 2. The lowest BCUT2D eigenvalue weighted by Gasteiger charge is -2.25. The fourth-order valence-electron chi connectivity index (χ4n) is 3.24. The van der Waals surface area contributed by atoms with Gasteiger partial charge < -0.3 is 9.47 Å². The SMILES string of the molecule is COc1cc([C@@H]2SCC(=O)N2c2ccc(Cl)cc2)ccc1OCc1ccccc1. The summed E-state index contributed by atoms with van der Waals surface area (Å²) >= 11 is 7.59. The molecular formula is C23H20ClNO3S. The predicted molar refractivity (Wildman–Crippen MR) is 118 cm³/mol. The zero-order chi connectivity index (χ0) is 20.2. The lowest BCUT2D eigenvalue weighted by molar-refractivity contribution is -0.115. The van der Waals surface area contributed by atoms with Gasteiger partial charge in [-0.15, -0.1) is 11.8 Å². The van der Waals surface area contributed by atoms with Gasteiger partial charge in [-0.3, -0.25) is 9.69 Å². The van der Waals surface area contributed by atoms with E-state index in [4.69, 9.17) is 21.1 Å². The maximum atomic E-state index is 12.5. The van der Waals surface area contributed by atoms with Crippen molar-refractivity contribution in [1.29, 1.82) is 0 Å². The van der Waals surface area contributed by atoms with E-state index in [2.05, 4.69) is 0 Å². The Labute approximate surface area is 179 Å². The lowest BCUT2D eigenvalue weighted by atomic mass is 10.1. The number of hydrogen-bond donors (Lipinski definition) is 0. The van der Waals surface area contributed by atoms with Crippen molar-refractivity contribution in [3.05, 3.63) is 88.9 Å². The molecule has 4 rings (SSSR count).